The van der Waals surface area contributed by atoms with Gasteiger partial charge in [0.2, 0.25) is 0 Å². The van der Waals surface area contributed by atoms with E-state index in [4.69, 9.17) is 10.8 Å². The van der Waals surface area contributed by atoms with Gasteiger partial charge >= 0.3 is 57.4 Å². The zero-order chi connectivity index (χ0) is 7.56. The van der Waals surface area contributed by atoms with E-state index in [0.29, 0.717) is 5.69 Å². The molecule has 3 N–H and O–H groups in total. The van der Waals surface area contributed by atoms with E-state index in [1.165, 1.54) is 12.1 Å². The molecule has 4 heteroatoms. The standard InChI is InChI=1S/C7H7NO2.K.H/c8-6-3-1-2-5(4-6)7(9)10;;/h1-4H,8H2,(H,9,10);;. The van der Waals surface area contributed by atoms with Crippen LogP contribution < -0.4 is 5.73 Å². The van der Waals surface area contributed by atoms with Crippen molar-refractivity contribution in [3.63, 3.8) is 0 Å². The summed E-state index contributed by atoms with van der Waals surface area (Å²) in [6.07, 6.45) is 0. The van der Waals surface area contributed by atoms with Crippen LogP contribution in [0, 0.1) is 0 Å². The molecule has 0 aliphatic heterocycles. The van der Waals surface area contributed by atoms with Gasteiger partial charge in [-0.3, -0.25) is 0 Å². The van der Waals surface area contributed by atoms with Crippen LogP contribution in [0.3, 0.4) is 0 Å². The monoisotopic (exact) mass is 177 g/mol. The van der Waals surface area contributed by atoms with Crippen LogP contribution in [0.4, 0.5) is 5.69 Å². The first-order chi connectivity index (χ1) is 4.70. The van der Waals surface area contributed by atoms with Crippen molar-refractivity contribution in [2.45, 2.75) is 0 Å². The van der Waals surface area contributed by atoms with Gasteiger partial charge in [0.25, 0.3) is 0 Å². The van der Waals surface area contributed by atoms with Gasteiger partial charge in [-0.05, 0) is 18.2 Å². The van der Waals surface area contributed by atoms with E-state index >= 15 is 0 Å². The van der Waals surface area contributed by atoms with Gasteiger partial charge in [-0.15, -0.1) is 0 Å². The minimum absolute atomic E-state index is 0. The Morgan fingerprint density at radius 1 is 1.45 bits per heavy atom. The molecular formula is C7H8KNO2. The van der Waals surface area contributed by atoms with E-state index in [2.05, 4.69) is 0 Å². The molecule has 1 aromatic carbocycles. The summed E-state index contributed by atoms with van der Waals surface area (Å²) in [5, 5.41) is 8.45. The number of benzene rings is 1. The topological polar surface area (TPSA) is 63.3 Å². The molecule has 0 fully saturated rings. The number of aromatic carboxylic acids is 1. The molecule has 0 spiro atoms. The Kier molecular flexibility index (Phi) is 4.95. The molecule has 0 radical (unpaired) electrons. The van der Waals surface area contributed by atoms with Crippen LogP contribution >= 0.6 is 0 Å². The van der Waals surface area contributed by atoms with Gasteiger partial charge in [-0.2, -0.15) is 0 Å². The first kappa shape index (κ1) is 11.1. The Bertz CT molecular complexity index is 262. The third-order valence-corrected chi connectivity index (χ3v) is 1.13. The van der Waals surface area contributed by atoms with Gasteiger partial charge in [0, 0.05) is 5.69 Å². The van der Waals surface area contributed by atoms with Gasteiger partial charge in [0.1, 0.15) is 0 Å². The van der Waals surface area contributed by atoms with Gasteiger partial charge < -0.3 is 10.8 Å². The van der Waals surface area contributed by atoms with Crippen LogP contribution in [0.2, 0.25) is 0 Å². The molecule has 0 saturated heterocycles. The number of carboxylic acid groups (broad SMARTS) is 1. The molecule has 0 amide bonds. The summed E-state index contributed by atoms with van der Waals surface area (Å²) >= 11 is 0. The fraction of sp³-hybridized carbons (Fsp3) is 0. The maximum atomic E-state index is 10.3. The number of rotatable bonds is 1. The summed E-state index contributed by atoms with van der Waals surface area (Å²) in [6.45, 7) is 0. The van der Waals surface area contributed by atoms with Gasteiger partial charge in [0.05, 0.1) is 5.56 Å². The SMILES string of the molecule is Nc1cccc(C(=O)O)c1.[KH]. The predicted octanol–water partition coefficient (Wildman–Crippen LogP) is 0.319. The first-order valence-corrected chi connectivity index (χ1v) is 2.79. The number of carboxylic acids is 1. The van der Waals surface area contributed by atoms with Crippen molar-refractivity contribution in [1.82, 2.24) is 0 Å². The van der Waals surface area contributed by atoms with E-state index in [1.807, 2.05) is 0 Å². The second-order valence-corrected chi connectivity index (χ2v) is 1.93. The Morgan fingerprint density at radius 2 is 2.09 bits per heavy atom. The van der Waals surface area contributed by atoms with E-state index < -0.39 is 5.97 Å². The van der Waals surface area contributed by atoms with Gasteiger partial charge in [-0.1, -0.05) is 6.07 Å². The number of carbonyl (C=O) groups is 1. The molecule has 3 nitrogen and oxygen atoms in total. The van der Waals surface area contributed by atoms with E-state index in [0.717, 1.165) is 0 Å². The molecule has 11 heavy (non-hydrogen) atoms. The second kappa shape index (κ2) is 4.90. The summed E-state index contributed by atoms with van der Waals surface area (Å²) in [7, 11) is 0. The van der Waals surface area contributed by atoms with E-state index in [-0.39, 0.29) is 56.9 Å². The second-order valence-electron chi connectivity index (χ2n) is 1.93. The fourth-order valence-electron chi connectivity index (χ4n) is 0.672. The van der Waals surface area contributed by atoms with E-state index in [9.17, 15) is 4.79 Å². The van der Waals surface area contributed by atoms with Crippen molar-refractivity contribution in [3.8, 4) is 0 Å². The van der Waals surface area contributed by atoms with Crippen molar-refractivity contribution in [1.29, 1.82) is 0 Å². The quantitative estimate of drug-likeness (QED) is 0.479. The summed E-state index contributed by atoms with van der Waals surface area (Å²) in [6, 6.07) is 6.17. The molecule has 0 unspecified atom stereocenters. The maximum absolute atomic E-state index is 10.3. The minimum atomic E-state index is -0.952. The van der Waals surface area contributed by atoms with Crippen LogP contribution in [0.25, 0.3) is 0 Å². The molecule has 0 bridgehead atoms. The molecule has 0 aliphatic carbocycles. The molecule has 54 valence electrons. The Labute approximate surface area is 107 Å². The number of nitrogens with two attached hydrogens (primary N) is 1. The number of hydrogen-bond acceptors (Lipinski definition) is 2. The van der Waals surface area contributed by atoms with Crippen molar-refractivity contribution < 1.29 is 9.90 Å². The van der Waals surface area contributed by atoms with Gasteiger partial charge in [-0.25, -0.2) is 4.79 Å². The zero-order valence-electron chi connectivity index (χ0n) is 5.24. The summed E-state index contributed by atoms with van der Waals surface area (Å²) in [5.41, 5.74) is 6.03. The summed E-state index contributed by atoms with van der Waals surface area (Å²) < 4.78 is 0. The van der Waals surface area contributed by atoms with Gasteiger partial charge in [0.15, 0.2) is 0 Å². The summed E-state index contributed by atoms with van der Waals surface area (Å²) in [4.78, 5) is 10.3. The Balaban J connectivity index is 0.000001000. The van der Waals surface area contributed by atoms with Crippen molar-refractivity contribution in [2.24, 2.45) is 0 Å². The normalized spacial score (nSPS) is 8.36. The van der Waals surface area contributed by atoms with Crippen LogP contribution in [-0.2, 0) is 0 Å². The third kappa shape index (κ3) is 3.35. The third-order valence-electron chi connectivity index (χ3n) is 1.13. The van der Waals surface area contributed by atoms with Crippen LogP contribution in [0.1, 0.15) is 10.4 Å². The molecule has 0 aliphatic rings. The van der Waals surface area contributed by atoms with Crippen molar-refractivity contribution in [2.75, 3.05) is 5.73 Å². The molecular weight excluding hydrogens is 169 g/mol. The van der Waals surface area contributed by atoms with E-state index in [1.54, 1.807) is 12.1 Å². The van der Waals surface area contributed by atoms with Crippen LogP contribution in [0.5, 0.6) is 0 Å². The molecule has 0 heterocycles. The number of nitrogen functional groups attached to an aromatic ring is 1. The Morgan fingerprint density at radius 3 is 2.45 bits per heavy atom. The number of hydrogen-bond donors (Lipinski definition) is 2. The van der Waals surface area contributed by atoms with Crippen molar-refractivity contribution >= 4 is 63.0 Å². The zero-order valence-corrected chi connectivity index (χ0v) is 5.24. The molecule has 1 aromatic rings. The average molecular weight is 177 g/mol. The number of anilines is 1. The predicted molar refractivity (Wildman–Crippen MR) is 45.0 cm³/mol. The molecule has 0 aromatic heterocycles. The Hall–Kier alpha value is 0.126. The van der Waals surface area contributed by atoms with Crippen LogP contribution in [-0.4, -0.2) is 62.5 Å². The summed E-state index contributed by atoms with van der Waals surface area (Å²) in [5.74, 6) is -0.952. The molecule has 0 atom stereocenters. The first-order valence-electron chi connectivity index (χ1n) is 2.79. The van der Waals surface area contributed by atoms with Crippen LogP contribution in [0.15, 0.2) is 24.3 Å². The molecule has 0 saturated carbocycles. The average Bonchev–Trinajstić information content (AvgIpc) is 1.88. The fourth-order valence-corrected chi connectivity index (χ4v) is 0.672. The van der Waals surface area contributed by atoms with Crippen molar-refractivity contribution in [3.05, 3.63) is 29.8 Å². The molecule has 1 rings (SSSR count).